The van der Waals surface area contributed by atoms with Gasteiger partial charge >= 0.3 is 0 Å². The number of nitrogens with one attached hydrogen (secondary N) is 1. The Hall–Kier alpha value is -2.23. The fourth-order valence-electron chi connectivity index (χ4n) is 3.12. The molecule has 1 N–H and O–H groups in total. The molecule has 0 saturated heterocycles. The molecule has 0 unspecified atom stereocenters. The molecule has 0 spiro atoms. The van der Waals surface area contributed by atoms with Crippen LogP contribution in [0.3, 0.4) is 0 Å². The van der Waals surface area contributed by atoms with Gasteiger partial charge in [0.05, 0.1) is 0 Å². The van der Waals surface area contributed by atoms with Gasteiger partial charge in [-0.15, -0.1) is 0 Å². The molecule has 1 amide bonds. The van der Waals surface area contributed by atoms with Crippen LogP contribution in [0.5, 0.6) is 0 Å². The first kappa shape index (κ1) is 15.7. The van der Waals surface area contributed by atoms with Crippen LogP contribution < -0.4 is 5.32 Å². The minimum Gasteiger partial charge on any atom is -0.356 e. The number of rotatable bonds is 6. The van der Waals surface area contributed by atoms with E-state index in [2.05, 4.69) is 15.3 Å². The summed E-state index contributed by atoms with van der Waals surface area (Å²) in [5.74, 6) is 1.52. The smallest absolute Gasteiger partial charge is 0.220 e. The first-order chi connectivity index (χ1) is 11.3. The largest absolute Gasteiger partial charge is 0.356 e. The molecule has 2 aromatic rings. The fraction of sp³-hybridized carbons (Fsp3) is 0.421. The number of hydrogen-bond donors (Lipinski definition) is 1. The molecule has 0 bridgehead atoms. The molecular formula is C19H23N3O. The van der Waals surface area contributed by atoms with E-state index in [1.54, 1.807) is 0 Å². The van der Waals surface area contributed by atoms with Crippen LogP contribution in [-0.4, -0.2) is 22.4 Å². The fourth-order valence-corrected chi connectivity index (χ4v) is 3.12. The maximum Gasteiger partial charge on any atom is 0.220 e. The van der Waals surface area contributed by atoms with Crippen LogP contribution in [0.2, 0.25) is 0 Å². The van der Waals surface area contributed by atoms with Gasteiger partial charge in [-0.05, 0) is 30.7 Å². The molecular weight excluding hydrogens is 286 g/mol. The average Bonchev–Trinajstić information content (AvgIpc) is 3.09. The van der Waals surface area contributed by atoms with Gasteiger partial charge in [0.1, 0.15) is 0 Å². The number of hydrogen-bond acceptors (Lipinski definition) is 3. The number of amides is 1. The molecule has 1 aliphatic rings. The zero-order chi connectivity index (χ0) is 15.9. The standard InChI is InChI=1S/C19H23N3O/c23-18(12-15-6-4-5-7-15)20-11-10-16-13-21-19(22-14-16)17-8-2-1-3-9-17/h1-3,8-9,13-15H,4-7,10-12H2,(H,20,23). The van der Waals surface area contributed by atoms with Crippen molar-refractivity contribution in [2.45, 2.75) is 38.5 Å². The zero-order valence-corrected chi connectivity index (χ0v) is 13.4. The number of nitrogens with zero attached hydrogens (tertiary/aromatic N) is 2. The second-order valence-electron chi connectivity index (χ2n) is 6.24. The maximum atomic E-state index is 11.9. The van der Waals surface area contributed by atoms with Crippen molar-refractivity contribution in [1.82, 2.24) is 15.3 Å². The van der Waals surface area contributed by atoms with Crippen molar-refractivity contribution in [1.29, 1.82) is 0 Å². The van der Waals surface area contributed by atoms with Crippen molar-refractivity contribution in [2.24, 2.45) is 5.92 Å². The van der Waals surface area contributed by atoms with Crippen molar-refractivity contribution in [3.63, 3.8) is 0 Å². The van der Waals surface area contributed by atoms with E-state index in [-0.39, 0.29) is 5.91 Å². The third kappa shape index (κ3) is 4.62. The van der Waals surface area contributed by atoms with Gasteiger partial charge in [0.25, 0.3) is 0 Å². The SMILES string of the molecule is O=C(CC1CCCC1)NCCc1cnc(-c2ccccc2)nc1. The Morgan fingerprint density at radius 2 is 1.78 bits per heavy atom. The molecule has 23 heavy (non-hydrogen) atoms. The van der Waals surface area contributed by atoms with E-state index in [4.69, 9.17) is 0 Å². The van der Waals surface area contributed by atoms with Gasteiger partial charge in [0.2, 0.25) is 5.91 Å². The van der Waals surface area contributed by atoms with Gasteiger partial charge in [0, 0.05) is 30.9 Å². The quantitative estimate of drug-likeness (QED) is 0.890. The van der Waals surface area contributed by atoms with Crippen LogP contribution in [0.25, 0.3) is 11.4 Å². The number of aromatic nitrogens is 2. The van der Waals surface area contributed by atoms with Gasteiger partial charge in [0.15, 0.2) is 5.82 Å². The average molecular weight is 309 g/mol. The van der Waals surface area contributed by atoms with E-state index in [9.17, 15) is 4.79 Å². The summed E-state index contributed by atoms with van der Waals surface area (Å²) >= 11 is 0. The lowest BCUT2D eigenvalue weighted by atomic mass is 10.0. The molecule has 120 valence electrons. The summed E-state index contributed by atoms with van der Waals surface area (Å²) in [7, 11) is 0. The summed E-state index contributed by atoms with van der Waals surface area (Å²) in [6, 6.07) is 9.93. The summed E-state index contributed by atoms with van der Waals surface area (Å²) in [6.45, 7) is 0.652. The summed E-state index contributed by atoms with van der Waals surface area (Å²) in [5, 5.41) is 3.01. The van der Waals surface area contributed by atoms with Crippen LogP contribution in [0.1, 0.15) is 37.7 Å². The molecule has 1 aliphatic carbocycles. The van der Waals surface area contributed by atoms with E-state index in [0.29, 0.717) is 18.9 Å². The molecule has 1 saturated carbocycles. The van der Waals surface area contributed by atoms with Crippen molar-refractivity contribution < 1.29 is 4.79 Å². The van der Waals surface area contributed by atoms with Gasteiger partial charge in [-0.3, -0.25) is 4.79 Å². The van der Waals surface area contributed by atoms with Crippen LogP contribution in [0.15, 0.2) is 42.7 Å². The summed E-state index contributed by atoms with van der Waals surface area (Å²) in [5.41, 5.74) is 2.06. The Bertz CT molecular complexity index is 619. The molecule has 1 heterocycles. The predicted octanol–water partition coefficient (Wildman–Crippen LogP) is 3.38. The van der Waals surface area contributed by atoms with Gasteiger partial charge in [-0.1, -0.05) is 43.2 Å². The zero-order valence-electron chi connectivity index (χ0n) is 13.4. The first-order valence-corrected chi connectivity index (χ1v) is 8.44. The van der Waals surface area contributed by atoms with E-state index in [1.165, 1.54) is 25.7 Å². The Labute approximate surface area is 137 Å². The summed E-state index contributed by atoms with van der Waals surface area (Å²) < 4.78 is 0. The highest BCUT2D eigenvalue weighted by molar-refractivity contribution is 5.76. The van der Waals surface area contributed by atoms with Crippen molar-refractivity contribution in [3.05, 3.63) is 48.3 Å². The van der Waals surface area contributed by atoms with Crippen molar-refractivity contribution in [2.75, 3.05) is 6.54 Å². The third-order valence-corrected chi connectivity index (χ3v) is 4.42. The van der Waals surface area contributed by atoms with Crippen molar-refractivity contribution >= 4 is 5.91 Å². The Balaban J connectivity index is 1.44. The lowest BCUT2D eigenvalue weighted by molar-refractivity contribution is -0.121. The normalized spacial score (nSPS) is 14.8. The number of benzene rings is 1. The van der Waals surface area contributed by atoms with E-state index in [0.717, 1.165) is 23.4 Å². The number of carbonyl (C=O) groups is 1. The highest BCUT2D eigenvalue weighted by Crippen LogP contribution is 2.27. The predicted molar refractivity (Wildman–Crippen MR) is 90.8 cm³/mol. The van der Waals surface area contributed by atoms with Crippen LogP contribution in [0.4, 0.5) is 0 Å². The highest BCUT2D eigenvalue weighted by Gasteiger charge is 2.17. The van der Waals surface area contributed by atoms with E-state index >= 15 is 0 Å². The molecule has 4 heteroatoms. The molecule has 1 fully saturated rings. The lowest BCUT2D eigenvalue weighted by Crippen LogP contribution is -2.27. The Morgan fingerprint density at radius 1 is 1.09 bits per heavy atom. The summed E-state index contributed by atoms with van der Waals surface area (Å²) in [4.78, 5) is 20.7. The molecule has 1 aromatic carbocycles. The van der Waals surface area contributed by atoms with Gasteiger partial charge in [-0.2, -0.15) is 0 Å². The van der Waals surface area contributed by atoms with Crippen LogP contribution in [-0.2, 0) is 11.2 Å². The highest BCUT2D eigenvalue weighted by atomic mass is 16.1. The second kappa shape index (κ2) is 7.86. The maximum absolute atomic E-state index is 11.9. The molecule has 3 rings (SSSR count). The lowest BCUT2D eigenvalue weighted by Gasteiger charge is -2.09. The second-order valence-corrected chi connectivity index (χ2v) is 6.24. The molecule has 0 radical (unpaired) electrons. The van der Waals surface area contributed by atoms with E-state index < -0.39 is 0 Å². The first-order valence-electron chi connectivity index (χ1n) is 8.44. The topological polar surface area (TPSA) is 54.9 Å². The molecule has 0 atom stereocenters. The minimum atomic E-state index is 0.179. The Kier molecular flexibility index (Phi) is 5.35. The van der Waals surface area contributed by atoms with Gasteiger partial charge in [-0.25, -0.2) is 9.97 Å². The third-order valence-electron chi connectivity index (χ3n) is 4.42. The van der Waals surface area contributed by atoms with Crippen LogP contribution in [0, 0.1) is 5.92 Å². The molecule has 1 aromatic heterocycles. The Morgan fingerprint density at radius 3 is 2.48 bits per heavy atom. The number of carbonyl (C=O) groups excluding carboxylic acids is 1. The summed E-state index contributed by atoms with van der Waals surface area (Å²) in [6.07, 6.45) is 10.1. The minimum absolute atomic E-state index is 0.179. The molecule has 0 aliphatic heterocycles. The molecule has 4 nitrogen and oxygen atoms in total. The monoisotopic (exact) mass is 309 g/mol. The van der Waals surface area contributed by atoms with E-state index in [1.807, 2.05) is 42.7 Å². The van der Waals surface area contributed by atoms with Crippen LogP contribution >= 0.6 is 0 Å². The van der Waals surface area contributed by atoms with Crippen molar-refractivity contribution in [3.8, 4) is 11.4 Å². The van der Waals surface area contributed by atoms with Gasteiger partial charge < -0.3 is 5.32 Å².